The molecule has 1 aromatic rings. The van der Waals surface area contributed by atoms with Crippen molar-refractivity contribution >= 4 is 5.69 Å². The number of fused-ring (bicyclic) bond motifs is 1. The first kappa shape index (κ1) is 13.9. The van der Waals surface area contributed by atoms with Crippen molar-refractivity contribution in [1.82, 2.24) is 9.80 Å². The fourth-order valence-corrected chi connectivity index (χ4v) is 3.57. The Kier molecular flexibility index (Phi) is 4.27. The second kappa shape index (κ2) is 6.15. The topological polar surface area (TPSA) is 18.5 Å². The van der Waals surface area contributed by atoms with Crippen LogP contribution >= 0.6 is 0 Å². The lowest BCUT2D eigenvalue weighted by Gasteiger charge is -2.39. The third kappa shape index (κ3) is 2.84. The largest absolute Gasteiger partial charge is 0.385 e. The van der Waals surface area contributed by atoms with Gasteiger partial charge in [0.2, 0.25) is 0 Å². The highest BCUT2D eigenvalue weighted by Gasteiger charge is 2.23. The quantitative estimate of drug-likeness (QED) is 0.913. The highest BCUT2D eigenvalue weighted by molar-refractivity contribution is 5.56. The van der Waals surface area contributed by atoms with E-state index in [0.29, 0.717) is 0 Å². The summed E-state index contributed by atoms with van der Waals surface area (Å²) in [5.41, 5.74) is 4.47. The minimum absolute atomic E-state index is 0.724. The van der Waals surface area contributed by atoms with Crippen molar-refractivity contribution in [2.45, 2.75) is 38.8 Å². The molecule has 110 valence electrons. The summed E-state index contributed by atoms with van der Waals surface area (Å²) in [6, 6.07) is 7.49. The van der Waals surface area contributed by atoms with Gasteiger partial charge in [0.05, 0.1) is 0 Å². The molecule has 0 saturated carbocycles. The SMILES string of the molecule is CCC1CN(Cc2cccc3c2CCCN3)CCN1C. The van der Waals surface area contributed by atoms with E-state index >= 15 is 0 Å². The van der Waals surface area contributed by atoms with Crippen molar-refractivity contribution in [3.05, 3.63) is 29.3 Å². The summed E-state index contributed by atoms with van der Waals surface area (Å²) in [5.74, 6) is 0. The maximum absolute atomic E-state index is 3.54. The van der Waals surface area contributed by atoms with Gasteiger partial charge in [-0.25, -0.2) is 0 Å². The molecule has 0 spiro atoms. The molecule has 1 saturated heterocycles. The molecule has 3 heteroatoms. The Morgan fingerprint density at radius 1 is 1.30 bits per heavy atom. The lowest BCUT2D eigenvalue weighted by molar-refractivity contribution is 0.0882. The predicted octanol–water partition coefficient (Wildman–Crippen LogP) is 2.57. The van der Waals surface area contributed by atoms with E-state index in [2.05, 4.69) is 47.3 Å². The van der Waals surface area contributed by atoms with Gasteiger partial charge in [-0.2, -0.15) is 0 Å². The zero-order valence-corrected chi connectivity index (χ0v) is 12.9. The van der Waals surface area contributed by atoms with Crippen molar-refractivity contribution in [3.63, 3.8) is 0 Å². The summed E-state index contributed by atoms with van der Waals surface area (Å²) in [5, 5.41) is 3.54. The zero-order chi connectivity index (χ0) is 13.9. The Morgan fingerprint density at radius 2 is 2.20 bits per heavy atom. The van der Waals surface area contributed by atoms with Gasteiger partial charge >= 0.3 is 0 Å². The first-order valence-electron chi connectivity index (χ1n) is 8.05. The smallest absolute Gasteiger partial charge is 0.0375 e. The van der Waals surface area contributed by atoms with Crippen molar-refractivity contribution in [2.24, 2.45) is 0 Å². The number of benzene rings is 1. The summed E-state index contributed by atoms with van der Waals surface area (Å²) < 4.78 is 0. The molecule has 0 radical (unpaired) electrons. The van der Waals surface area contributed by atoms with Crippen LogP contribution in [0, 0.1) is 0 Å². The Hall–Kier alpha value is -1.06. The first-order valence-corrected chi connectivity index (χ1v) is 8.05. The predicted molar refractivity (Wildman–Crippen MR) is 85.2 cm³/mol. The number of hydrogen-bond acceptors (Lipinski definition) is 3. The average molecular weight is 273 g/mol. The Labute approximate surface area is 123 Å². The van der Waals surface area contributed by atoms with Gasteiger partial charge in [0.1, 0.15) is 0 Å². The Bertz CT molecular complexity index is 458. The van der Waals surface area contributed by atoms with Gasteiger partial charge < -0.3 is 10.2 Å². The van der Waals surface area contributed by atoms with E-state index in [9.17, 15) is 0 Å². The first-order chi connectivity index (χ1) is 9.78. The number of anilines is 1. The van der Waals surface area contributed by atoms with Crippen LogP contribution in [0.3, 0.4) is 0 Å². The fraction of sp³-hybridized carbons (Fsp3) is 0.647. The second-order valence-electron chi connectivity index (χ2n) is 6.25. The minimum Gasteiger partial charge on any atom is -0.385 e. The third-order valence-corrected chi connectivity index (χ3v) is 4.92. The molecule has 2 aliphatic heterocycles. The van der Waals surface area contributed by atoms with Crippen LogP contribution in [0.2, 0.25) is 0 Å². The van der Waals surface area contributed by atoms with Crippen molar-refractivity contribution in [2.75, 3.05) is 38.5 Å². The van der Waals surface area contributed by atoms with E-state index in [1.807, 2.05) is 0 Å². The van der Waals surface area contributed by atoms with Crippen molar-refractivity contribution in [1.29, 1.82) is 0 Å². The van der Waals surface area contributed by atoms with E-state index in [4.69, 9.17) is 0 Å². The number of nitrogens with zero attached hydrogens (tertiary/aromatic N) is 2. The van der Waals surface area contributed by atoms with Gasteiger partial charge in [0.15, 0.2) is 0 Å². The monoisotopic (exact) mass is 273 g/mol. The number of piperazine rings is 1. The summed E-state index contributed by atoms with van der Waals surface area (Å²) in [7, 11) is 2.26. The molecule has 2 heterocycles. The highest BCUT2D eigenvalue weighted by Crippen LogP contribution is 2.26. The molecule has 1 atom stereocenters. The Morgan fingerprint density at radius 3 is 3.05 bits per heavy atom. The maximum Gasteiger partial charge on any atom is 0.0375 e. The lowest BCUT2D eigenvalue weighted by atomic mass is 9.97. The zero-order valence-electron chi connectivity index (χ0n) is 12.9. The van der Waals surface area contributed by atoms with Gasteiger partial charge in [-0.05, 0) is 43.5 Å². The molecule has 1 aromatic carbocycles. The molecular weight excluding hydrogens is 246 g/mol. The van der Waals surface area contributed by atoms with E-state index in [0.717, 1.165) is 19.1 Å². The number of likely N-dealkylation sites (N-methyl/N-ethyl adjacent to an activating group) is 1. The summed E-state index contributed by atoms with van der Waals surface area (Å²) >= 11 is 0. The van der Waals surface area contributed by atoms with Gasteiger partial charge in [-0.1, -0.05) is 19.1 Å². The van der Waals surface area contributed by atoms with Crippen LogP contribution in [-0.4, -0.2) is 49.1 Å². The fourth-order valence-electron chi connectivity index (χ4n) is 3.57. The molecule has 1 unspecified atom stereocenters. The van der Waals surface area contributed by atoms with Gasteiger partial charge in [-0.15, -0.1) is 0 Å². The number of nitrogens with one attached hydrogen (secondary N) is 1. The molecule has 0 amide bonds. The summed E-state index contributed by atoms with van der Waals surface area (Å²) in [4.78, 5) is 5.15. The van der Waals surface area contributed by atoms with E-state index in [-0.39, 0.29) is 0 Å². The molecule has 0 aromatic heterocycles. The van der Waals surface area contributed by atoms with E-state index < -0.39 is 0 Å². The van der Waals surface area contributed by atoms with Crippen molar-refractivity contribution < 1.29 is 0 Å². The Balaban J connectivity index is 1.72. The normalized spacial score (nSPS) is 24.2. The molecule has 3 rings (SSSR count). The molecule has 0 bridgehead atoms. The van der Waals surface area contributed by atoms with E-state index in [1.54, 1.807) is 5.56 Å². The molecular formula is C17H27N3. The van der Waals surface area contributed by atoms with Crippen molar-refractivity contribution in [3.8, 4) is 0 Å². The van der Waals surface area contributed by atoms with Crippen LogP contribution in [0.15, 0.2) is 18.2 Å². The molecule has 1 N–H and O–H groups in total. The minimum atomic E-state index is 0.724. The van der Waals surface area contributed by atoms with Gasteiger partial charge in [0, 0.05) is 44.5 Å². The third-order valence-electron chi connectivity index (χ3n) is 4.92. The molecule has 2 aliphatic rings. The number of hydrogen-bond donors (Lipinski definition) is 1. The maximum atomic E-state index is 3.54. The lowest BCUT2D eigenvalue weighted by Crippen LogP contribution is -2.50. The average Bonchev–Trinajstić information content (AvgIpc) is 2.49. The number of rotatable bonds is 3. The van der Waals surface area contributed by atoms with Crippen LogP contribution in [-0.2, 0) is 13.0 Å². The highest BCUT2D eigenvalue weighted by atomic mass is 15.3. The summed E-state index contributed by atoms with van der Waals surface area (Å²) in [6.07, 6.45) is 3.76. The standard InChI is InChI=1S/C17H27N3/c1-3-15-13-20(11-10-19(15)2)12-14-6-4-8-17-16(14)7-5-9-18-17/h4,6,8,15,18H,3,5,7,9-13H2,1-2H3. The summed E-state index contributed by atoms with van der Waals surface area (Å²) in [6.45, 7) is 8.16. The van der Waals surface area contributed by atoms with Gasteiger partial charge in [-0.3, -0.25) is 4.90 Å². The van der Waals surface area contributed by atoms with Crippen LogP contribution in [0.25, 0.3) is 0 Å². The van der Waals surface area contributed by atoms with Crippen LogP contribution in [0.5, 0.6) is 0 Å². The molecule has 1 fully saturated rings. The molecule has 3 nitrogen and oxygen atoms in total. The van der Waals surface area contributed by atoms with E-state index in [1.165, 1.54) is 50.1 Å². The second-order valence-corrected chi connectivity index (χ2v) is 6.25. The van der Waals surface area contributed by atoms with Gasteiger partial charge in [0.25, 0.3) is 0 Å². The van der Waals surface area contributed by atoms with Crippen LogP contribution in [0.1, 0.15) is 30.9 Å². The van der Waals surface area contributed by atoms with Crippen LogP contribution < -0.4 is 5.32 Å². The molecule has 20 heavy (non-hydrogen) atoms. The molecule has 0 aliphatic carbocycles. The van der Waals surface area contributed by atoms with Crippen LogP contribution in [0.4, 0.5) is 5.69 Å².